The second-order valence-electron chi connectivity index (χ2n) is 13.5. The third kappa shape index (κ3) is 5.66. The molecule has 1 aromatic heterocycles. The lowest BCUT2D eigenvalue weighted by Gasteiger charge is -2.41. The van der Waals surface area contributed by atoms with E-state index in [1.165, 1.54) is 43.1 Å². The normalized spacial score (nSPS) is 17.3. The lowest BCUT2D eigenvalue weighted by molar-refractivity contribution is -0.145. The van der Waals surface area contributed by atoms with Crippen LogP contribution >= 0.6 is 0 Å². The molecule has 0 spiro atoms. The molecule has 1 N–H and O–H groups in total. The number of piperazine rings is 1. The Balaban J connectivity index is 0.000000235. The molecule has 1 unspecified atom stereocenters. The van der Waals surface area contributed by atoms with Gasteiger partial charge in [-0.2, -0.15) is 0 Å². The van der Waals surface area contributed by atoms with Gasteiger partial charge in [-0.3, -0.25) is 14.6 Å². The topological polar surface area (TPSA) is 90.8 Å². The maximum absolute atomic E-state index is 12.7. The van der Waals surface area contributed by atoms with Gasteiger partial charge in [0.15, 0.2) is 0 Å². The molecular formula is C41H37N3O4. The number of nitrogens with zero attached hydrogens (tertiary/aromatic N) is 3. The van der Waals surface area contributed by atoms with E-state index in [1.807, 2.05) is 18.2 Å². The van der Waals surface area contributed by atoms with Gasteiger partial charge in [-0.15, -0.1) is 0 Å². The first-order valence-corrected chi connectivity index (χ1v) is 16.3. The average Bonchev–Trinajstić information content (AvgIpc) is 3.10. The standard InChI is InChI=1S/C31H30N2O2.C10H7NO2/c1-31(2)19-27-21(12-14-25-24-10-5-4-7-20(24)11-13-26(25)27)18-28(31)22-8-6-9-23(17-22)33-16-15-32(3)29(34)30(33)35;12-10(13)8-3-4-9-7(6-8)2-1-5-11-9/h4-14,17,28H,15-16,18-19H2,1-3H3;1-6H,(H,12,13). The molecule has 2 heterocycles. The highest BCUT2D eigenvalue weighted by atomic mass is 16.4. The van der Waals surface area contributed by atoms with Gasteiger partial charge in [-0.25, -0.2) is 4.79 Å². The second kappa shape index (κ2) is 12.2. The van der Waals surface area contributed by atoms with E-state index in [4.69, 9.17) is 5.11 Å². The Morgan fingerprint density at radius 1 is 0.792 bits per heavy atom. The number of hydrogen-bond acceptors (Lipinski definition) is 4. The zero-order valence-electron chi connectivity index (χ0n) is 27.3. The summed E-state index contributed by atoms with van der Waals surface area (Å²) in [5, 5.41) is 14.9. The number of carbonyl (C=O) groups is 3. The third-order valence-corrected chi connectivity index (χ3v) is 10.0. The number of rotatable bonds is 3. The molecule has 48 heavy (non-hydrogen) atoms. The molecule has 2 amide bonds. The molecule has 1 aliphatic carbocycles. The summed E-state index contributed by atoms with van der Waals surface area (Å²) in [4.78, 5) is 42.8. The Kier molecular flexibility index (Phi) is 7.91. The van der Waals surface area contributed by atoms with Crippen LogP contribution in [0.1, 0.15) is 46.8 Å². The van der Waals surface area contributed by atoms with Crippen molar-refractivity contribution in [3.8, 4) is 0 Å². The number of amides is 2. The number of aromatic nitrogens is 1. The molecule has 7 nitrogen and oxygen atoms in total. The minimum atomic E-state index is -0.911. The van der Waals surface area contributed by atoms with E-state index in [9.17, 15) is 14.4 Å². The van der Waals surface area contributed by atoms with Gasteiger partial charge in [0, 0.05) is 37.4 Å². The van der Waals surface area contributed by atoms with Crippen molar-refractivity contribution in [1.82, 2.24) is 9.88 Å². The molecule has 1 aliphatic heterocycles. The molecular weight excluding hydrogens is 598 g/mol. The van der Waals surface area contributed by atoms with Crippen molar-refractivity contribution in [1.29, 1.82) is 0 Å². The highest BCUT2D eigenvalue weighted by molar-refractivity contribution is 6.40. The van der Waals surface area contributed by atoms with E-state index in [-0.39, 0.29) is 5.41 Å². The quantitative estimate of drug-likeness (QED) is 0.159. The van der Waals surface area contributed by atoms with E-state index in [0.29, 0.717) is 24.6 Å². The van der Waals surface area contributed by atoms with Crippen molar-refractivity contribution < 1.29 is 19.5 Å². The zero-order valence-corrected chi connectivity index (χ0v) is 27.3. The van der Waals surface area contributed by atoms with Crippen LogP contribution in [0.2, 0.25) is 0 Å². The molecule has 0 saturated carbocycles. The summed E-state index contributed by atoms with van der Waals surface area (Å²) >= 11 is 0. The first-order valence-electron chi connectivity index (χ1n) is 16.3. The number of benzene rings is 5. The van der Waals surface area contributed by atoms with Crippen molar-refractivity contribution in [2.24, 2.45) is 5.41 Å². The Hall–Kier alpha value is -5.56. The zero-order chi connectivity index (χ0) is 33.6. The first-order chi connectivity index (χ1) is 23.1. The van der Waals surface area contributed by atoms with Crippen LogP contribution in [0.5, 0.6) is 0 Å². The molecule has 6 aromatic rings. The Morgan fingerprint density at radius 2 is 1.58 bits per heavy atom. The molecule has 7 heteroatoms. The fourth-order valence-electron chi connectivity index (χ4n) is 7.34. The summed E-state index contributed by atoms with van der Waals surface area (Å²) in [5.41, 5.74) is 6.08. The lowest BCUT2D eigenvalue weighted by atomic mass is 9.63. The number of pyridine rings is 1. The third-order valence-electron chi connectivity index (χ3n) is 10.0. The van der Waals surface area contributed by atoms with Crippen LogP contribution in [-0.4, -0.2) is 52.9 Å². The molecule has 2 aliphatic rings. The molecule has 1 fully saturated rings. The number of carbonyl (C=O) groups excluding carboxylic acids is 2. The number of fused-ring (bicyclic) bond motifs is 6. The monoisotopic (exact) mass is 635 g/mol. The van der Waals surface area contributed by atoms with Crippen LogP contribution in [0, 0.1) is 5.41 Å². The average molecular weight is 636 g/mol. The number of aromatic carboxylic acids is 1. The fraction of sp³-hybridized carbons (Fsp3) is 0.220. The summed E-state index contributed by atoms with van der Waals surface area (Å²) in [7, 11) is 1.68. The van der Waals surface area contributed by atoms with E-state index in [2.05, 4.69) is 79.5 Å². The van der Waals surface area contributed by atoms with E-state index < -0.39 is 17.8 Å². The number of carboxylic acids is 1. The molecule has 5 aromatic carbocycles. The predicted molar refractivity (Wildman–Crippen MR) is 191 cm³/mol. The Labute approximate surface area is 279 Å². The van der Waals surface area contributed by atoms with E-state index >= 15 is 0 Å². The summed E-state index contributed by atoms with van der Waals surface area (Å²) < 4.78 is 0. The molecule has 1 atom stereocenters. The summed E-state index contributed by atoms with van der Waals surface area (Å²) in [6.45, 7) is 5.80. The molecule has 8 rings (SSSR count). The predicted octanol–water partition coefficient (Wildman–Crippen LogP) is 7.64. The summed E-state index contributed by atoms with van der Waals surface area (Å²) in [5.74, 6) is -1.47. The van der Waals surface area contributed by atoms with Crippen LogP contribution in [-0.2, 0) is 22.4 Å². The smallest absolute Gasteiger partial charge is 0.335 e. The van der Waals surface area contributed by atoms with Crippen LogP contribution in [0.25, 0.3) is 32.4 Å². The van der Waals surface area contributed by atoms with Crippen LogP contribution in [0.4, 0.5) is 5.69 Å². The number of carboxylic acid groups (broad SMARTS) is 1. The maximum Gasteiger partial charge on any atom is 0.335 e. The van der Waals surface area contributed by atoms with Gasteiger partial charge < -0.3 is 14.9 Å². The first kappa shape index (κ1) is 31.1. The van der Waals surface area contributed by atoms with Crippen LogP contribution in [0.15, 0.2) is 109 Å². The van der Waals surface area contributed by atoms with Crippen molar-refractivity contribution in [3.63, 3.8) is 0 Å². The Bertz CT molecular complexity index is 2240. The van der Waals surface area contributed by atoms with Crippen molar-refractivity contribution in [2.75, 3.05) is 25.0 Å². The van der Waals surface area contributed by atoms with Gasteiger partial charge in [-0.1, -0.05) is 80.6 Å². The van der Waals surface area contributed by atoms with Gasteiger partial charge in [0.1, 0.15) is 0 Å². The van der Waals surface area contributed by atoms with Gasteiger partial charge in [0.05, 0.1) is 11.1 Å². The number of hydrogen-bond donors (Lipinski definition) is 1. The van der Waals surface area contributed by atoms with E-state index in [0.717, 1.165) is 29.4 Å². The summed E-state index contributed by atoms with van der Waals surface area (Å²) in [6, 6.07) is 34.5. The van der Waals surface area contributed by atoms with Gasteiger partial charge in [0.2, 0.25) is 0 Å². The largest absolute Gasteiger partial charge is 0.478 e. The number of anilines is 1. The fourth-order valence-corrected chi connectivity index (χ4v) is 7.34. The van der Waals surface area contributed by atoms with Gasteiger partial charge in [-0.05, 0) is 98.8 Å². The molecule has 1 saturated heterocycles. The minimum Gasteiger partial charge on any atom is -0.478 e. The maximum atomic E-state index is 12.7. The van der Waals surface area contributed by atoms with E-state index in [1.54, 1.807) is 42.4 Å². The highest BCUT2D eigenvalue weighted by Gasteiger charge is 2.38. The number of likely N-dealkylation sites (N-methyl/N-ethyl adjacent to an activating group) is 1. The molecule has 0 radical (unpaired) electrons. The van der Waals surface area contributed by atoms with Crippen LogP contribution < -0.4 is 4.90 Å². The Morgan fingerprint density at radius 3 is 2.42 bits per heavy atom. The van der Waals surface area contributed by atoms with Crippen molar-refractivity contribution in [3.05, 3.63) is 132 Å². The SMILES string of the molecule is CN1CCN(c2cccc(C3Cc4ccc5c(ccc6ccccc65)c4CC3(C)C)c2)C(=O)C1=O.O=C(O)c1ccc2ncccc2c1. The van der Waals surface area contributed by atoms with Crippen molar-refractivity contribution in [2.45, 2.75) is 32.6 Å². The summed E-state index contributed by atoms with van der Waals surface area (Å²) in [6.07, 6.45) is 3.64. The van der Waals surface area contributed by atoms with Crippen molar-refractivity contribution >= 4 is 55.9 Å². The molecule has 0 bridgehead atoms. The second-order valence-corrected chi connectivity index (χ2v) is 13.5. The lowest BCUT2D eigenvalue weighted by Crippen LogP contribution is -2.53. The van der Waals surface area contributed by atoms with Crippen LogP contribution in [0.3, 0.4) is 0 Å². The highest BCUT2D eigenvalue weighted by Crippen LogP contribution is 2.48. The minimum absolute atomic E-state index is 0.0491. The van der Waals surface area contributed by atoms with Gasteiger partial charge >= 0.3 is 17.8 Å². The van der Waals surface area contributed by atoms with Gasteiger partial charge in [0.25, 0.3) is 0 Å². The molecule has 240 valence electrons.